The molecule has 0 saturated heterocycles. The van der Waals surface area contributed by atoms with Crippen LogP contribution in [0.2, 0.25) is 0 Å². The van der Waals surface area contributed by atoms with Gasteiger partial charge in [-0.2, -0.15) is 0 Å². The second kappa shape index (κ2) is 7.93. The Balaban J connectivity index is 1.91. The summed E-state index contributed by atoms with van der Waals surface area (Å²) in [4.78, 5) is 28.3. The molecule has 120 valence electrons. The number of amides is 2. The lowest BCUT2D eigenvalue weighted by atomic mass is 10.1. The van der Waals surface area contributed by atoms with Crippen LogP contribution in [-0.4, -0.2) is 29.9 Å². The van der Waals surface area contributed by atoms with Crippen molar-refractivity contribution in [1.82, 2.24) is 15.6 Å². The molecule has 23 heavy (non-hydrogen) atoms. The number of para-hydroxylation sites is 1. The monoisotopic (exact) mass is 313 g/mol. The first kappa shape index (κ1) is 16.5. The summed E-state index contributed by atoms with van der Waals surface area (Å²) in [6.07, 6.45) is 3.35. The molecule has 1 atom stereocenters. The molecule has 0 bridgehead atoms. The normalized spacial score (nSPS) is 11.4. The second-order valence-corrected chi connectivity index (χ2v) is 4.97. The molecule has 2 rings (SSSR count). The Morgan fingerprint density at radius 1 is 1.22 bits per heavy atom. The summed E-state index contributed by atoms with van der Waals surface area (Å²) in [6.45, 7) is 1.99. The van der Waals surface area contributed by atoms with Crippen molar-refractivity contribution in [2.45, 2.75) is 19.5 Å². The smallest absolute Gasteiger partial charge is 0.255 e. The van der Waals surface area contributed by atoms with Gasteiger partial charge in [-0.1, -0.05) is 18.2 Å². The lowest BCUT2D eigenvalue weighted by Gasteiger charge is -2.15. The summed E-state index contributed by atoms with van der Waals surface area (Å²) in [7, 11) is 1.50. The number of nitrogens with zero attached hydrogens (tertiary/aromatic N) is 1. The maximum absolute atomic E-state index is 12.2. The fourth-order valence-corrected chi connectivity index (χ4v) is 2.02. The van der Waals surface area contributed by atoms with Crippen LogP contribution in [0.15, 0.2) is 48.8 Å². The Morgan fingerprint density at radius 3 is 2.70 bits per heavy atom. The number of methoxy groups -OCH3 is 1. The van der Waals surface area contributed by atoms with Crippen molar-refractivity contribution >= 4 is 11.8 Å². The fourth-order valence-electron chi connectivity index (χ4n) is 2.02. The van der Waals surface area contributed by atoms with Gasteiger partial charge < -0.3 is 15.4 Å². The summed E-state index contributed by atoms with van der Waals surface area (Å²) >= 11 is 0. The number of carbonyl (C=O) groups excluding carboxylic acids is 2. The molecule has 6 heteroatoms. The van der Waals surface area contributed by atoms with Gasteiger partial charge in [0.05, 0.1) is 12.7 Å². The van der Waals surface area contributed by atoms with E-state index < -0.39 is 6.04 Å². The van der Waals surface area contributed by atoms with Gasteiger partial charge in [-0.05, 0) is 30.7 Å². The minimum atomic E-state index is -0.663. The lowest BCUT2D eigenvalue weighted by molar-refractivity contribution is -0.122. The number of nitrogens with one attached hydrogen (secondary N) is 2. The first-order valence-electron chi connectivity index (χ1n) is 7.22. The van der Waals surface area contributed by atoms with E-state index in [-0.39, 0.29) is 11.8 Å². The quantitative estimate of drug-likeness (QED) is 0.847. The standard InChI is InChI=1S/C17H19N3O3/c1-12(16(21)19-11-13-6-5-9-18-10-13)20-17(22)14-7-3-4-8-15(14)23-2/h3-10,12H,11H2,1-2H3,(H,19,21)(H,20,22)/t12-/m0/s1. The molecule has 0 saturated carbocycles. The van der Waals surface area contributed by atoms with Crippen LogP contribution in [0.4, 0.5) is 0 Å². The number of hydrogen-bond acceptors (Lipinski definition) is 4. The van der Waals surface area contributed by atoms with Crippen molar-refractivity contribution in [3.63, 3.8) is 0 Å². The van der Waals surface area contributed by atoms with E-state index in [4.69, 9.17) is 4.74 Å². The topological polar surface area (TPSA) is 80.3 Å². The van der Waals surface area contributed by atoms with E-state index in [0.29, 0.717) is 17.9 Å². The molecule has 0 radical (unpaired) electrons. The largest absolute Gasteiger partial charge is 0.496 e. The van der Waals surface area contributed by atoms with E-state index in [1.807, 2.05) is 6.07 Å². The number of rotatable bonds is 6. The maximum Gasteiger partial charge on any atom is 0.255 e. The molecule has 2 amide bonds. The van der Waals surface area contributed by atoms with Crippen molar-refractivity contribution in [1.29, 1.82) is 0 Å². The number of ether oxygens (including phenoxy) is 1. The molecule has 0 unspecified atom stereocenters. The van der Waals surface area contributed by atoms with Gasteiger partial charge in [-0.25, -0.2) is 0 Å². The van der Waals surface area contributed by atoms with Crippen molar-refractivity contribution in [3.8, 4) is 5.75 Å². The molecule has 0 fully saturated rings. The SMILES string of the molecule is COc1ccccc1C(=O)N[C@@H](C)C(=O)NCc1cccnc1. The van der Waals surface area contributed by atoms with Gasteiger partial charge in [0.15, 0.2) is 0 Å². The Kier molecular flexibility index (Phi) is 5.68. The molecule has 0 aliphatic heterocycles. The van der Waals surface area contributed by atoms with Crippen molar-refractivity contribution < 1.29 is 14.3 Å². The third-order valence-electron chi connectivity index (χ3n) is 3.28. The Hall–Kier alpha value is -2.89. The van der Waals surface area contributed by atoms with E-state index >= 15 is 0 Å². The number of pyridine rings is 1. The minimum Gasteiger partial charge on any atom is -0.496 e. The zero-order valence-electron chi connectivity index (χ0n) is 13.1. The summed E-state index contributed by atoms with van der Waals surface area (Å²) in [5.41, 5.74) is 1.28. The summed E-state index contributed by atoms with van der Waals surface area (Å²) in [5, 5.41) is 5.42. The highest BCUT2D eigenvalue weighted by atomic mass is 16.5. The maximum atomic E-state index is 12.2. The van der Waals surface area contributed by atoms with Gasteiger partial charge >= 0.3 is 0 Å². The van der Waals surface area contributed by atoms with Crippen molar-refractivity contribution in [2.75, 3.05) is 7.11 Å². The van der Waals surface area contributed by atoms with Gasteiger partial charge in [-0.3, -0.25) is 14.6 Å². The van der Waals surface area contributed by atoms with E-state index in [1.165, 1.54) is 7.11 Å². The first-order chi connectivity index (χ1) is 11.1. The fraction of sp³-hybridized carbons (Fsp3) is 0.235. The highest BCUT2D eigenvalue weighted by Crippen LogP contribution is 2.16. The Labute approximate surface area is 134 Å². The summed E-state index contributed by atoms with van der Waals surface area (Å²) < 4.78 is 5.15. The van der Waals surface area contributed by atoms with Crippen LogP contribution in [-0.2, 0) is 11.3 Å². The van der Waals surface area contributed by atoms with Crippen LogP contribution >= 0.6 is 0 Å². The highest BCUT2D eigenvalue weighted by molar-refractivity contribution is 5.99. The van der Waals surface area contributed by atoms with Crippen LogP contribution in [0.5, 0.6) is 5.75 Å². The van der Waals surface area contributed by atoms with E-state index in [0.717, 1.165) is 5.56 Å². The van der Waals surface area contributed by atoms with Crippen LogP contribution in [0, 0.1) is 0 Å². The van der Waals surface area contributed by atoms with Crippen LogP contribution in [0.1, 0.15) is 22.8 Å². The summed E-state index contributed by atoms with van der Waals surface area (Å²) in [5.74, 6) is -0.156. The second-order valence-electron chi connectivity index (χ2n) is 4.97. The third-order valence-corrected chi connectivity index (χ3v) is 3.28. The molecular formula is C17H19N3O3. The first-order valence-corrected chi connectivity index (χ1v) is 7.22. The Bertz CT molecular complexity index is 674. The molecule has 1 aromatic heterocycles. The van der Waals surface area contributed by atoms with Crippen LogP contribution < -0.4 is 15.4 Å². The van der Waals surface area contributed by atoms with Crippen LogP contribution in [0.25, 0.3) is 0 Å². The molecule has 6 nitrogen and oxygen atoms in total. The van der Waals surface area contributed by atoms with Crippen molar-refractivity contribution in [3.05, 3.63) is 59.9 Å². The van der Waals surface area contributed by atoms with Gasteiger partial charge in [0.25, 0.3) is 5.91 Å². The average Bonchev–Trinajstić information content (AvgIpc) is 2.60. The van der Waals surface area contributed by atoms with Gasteiger partial charge in [0.2, 0.25) is 5.91 Å². The molecular weight excluding hydrogens is 294 g/mol. The van der Waals surface area contributed by atoms with Crippen molar-refractivity contribution in [2.24, 2.45) is 0 Å². The highest BCUT2D eigenvalue weighted by Gasteiger charge is 2.18. The molecule has 0 aliphatic rings. The molecule has 1 heterocycles. The van der Waals surface area contributed by atoms with Gasteiger partial charge in [-0.15, -0.1) is 0 Å². The Morgan fingerprint density at radius 2 is 2.00 bits per heavy atom. The molecule has 0 aliphatic carbocycles. The minimum absolute atomic E-state index is 0.267. The molecule has 2 aromatic rings. The van der Waals surface area contributed by atoms with E-state index in [9.17, 15) is 9.59 Å². The predicted molar refractivity (Wildman–Crippen MR) is 86.0 cm³/mol. The lowest BCUT2D eigenvalue weighted by Crippen LogP contribution is -2.44. The van der Waals surface area contributed by atoms with E-state index in [1.54, 1.807) is 49.6 Å². The number of benzene rings is 1. The average molecular weight is 313 g/mol. The zero-order chi connectivity index (χ0) is 16.7. The molecule has 2 N–H and O–H groups in total. The molecule has 0 spiro atoms. The summed E-state index contributed by atoms with van der Waals surface area (Å²) in [6, 6.07) is 9.87. The van der Waals surface area contributed by atoms with E-state index in [2.05, 4.69) is 15.6 Å². The third kappa shape index (κ3) is 4.54. The predicted octanol–water partition coefficient (Wildman–Crippen LogP) is 1.52. The zero-order valence-corrected chi connectivity index (χ0v) is 13.1. The van der Waals surface area contributed by atoms with Gasteiger partial charge in [0.1, 0.15) is 11.8 Å². The number of carbonyl (C=O) groups is 2. The number of aromatic nitrogens is 1. The van der Waals surface area contributed by atoms with Gasteiger partial charge in [0, 0.05) is 18.9 Å². The molecule has 1 aromatic carbocycles. The number of hydrogen-bond donors (Lipinski definition) is 2. The van der Waals surface area contributed by atoms with Crippen LogP contribution in [0.3, 0.4) is 0 Å².